The van der Waals surface area contributed by atoms with E-state index in [2.05, 4.69) is 0 Å². The molecule has 0 aliphatic rings. The highest BCUT2D eigenvalue weighted by atomic mass is 19.3. The number of nitrogens with one attached hydrogen (secondary N) is 1. The first kappa shape index (κ1) is 12.0. The first-order valence-electron chi connectivity index (χ1n) is 5.06. The summed E-state index contributed by atoms with van der Waals surface area (Å²) in [4.78, 5) is 11.0. The molecule has 0 atom stereocenters. The molecule has 1 N–H and O–H groups in total. The highest BCUT2D eigenvalue weighted by Crippen LogP contribution is 2.32. The number of halogens is 2. The van der Waals surface area contributed by atoms with Crippen LogP contribution in [0.5, 0.6) is 0 Å². The summed E-state index contributed by atoms with van der Waals surface area (Å²) in [6, 6.07) is 6.76. The molecule has 0 spiro atoms. The van der Waals surface area contributed by atoms with Crippen molar-refractivity contribution in [1.29, 1.82) is 5.26 Å². The molecule has 4 nitrogen and oxygen atoms in total. The van der Waals surface area contributed by atoms with Crippen molar-refractivity contribution in [2.45, 2.75) is 13.3 Å². The van der Waals surface area contributed by atoms with Crippen LogP contribution >= 0.6 is 0 Å². The van der Waals surface area contributed by atoms with E-state index in [9.17, 15) is 13.6 Å². The predicted octanol–water partition coefficient (Wildman–Crippen LogP) is 2.82. The number of hydrogen-bond acceptors (Lipinski definition) is 3. The summed E-state index contributed by atoms with van der Waals surface area (Å²) < 4.78 is 29.7. The molecule has 92 valence electrons. The zero-order valence-corrected chi connectivity index (χ0v) is 9.33. The summed E-state index contributed by atoms with van der Waals surface area (Å²) in [6.45, 7) is 1.76. The number of carbonyl (C=O) groups excluding carboxylic acids is 1. The monoisotopic (exact) mass is 250 g/mol. The lowest BCUT2D eigenvalue weighted by Crippen LogP contribution is -2.20. The van der Waals surface area contributed by atoms with Gasteiger partial charge in [0.1, 0.15) is 17.3 Å². The van der Waals surface area contributed by atoms with Crippen LogP contribution in [0.25, 0.3) is 11.0 Å². The van der Waals surface area contributed by atoms with Gasteiger partial charge in [-0.2, -0.15) is 14.0 Å². The smallest absolute Gasteiger partial charge is 0.315 e. The van der Waals surface area contributed by atoms with Crippen molar-refractivity contribution in [2.75, 3.05) is 5.32 Å². The second-order valence-electron chi connectivity index (χ2n) is 3.66. The van der Waals surface area contributed by atoms with Gasteiger partial charge in [0.2, 0.25) is 5.76 Å². The van der Waals surface area contributed by atoms with E-state index in [0.29, 0.717) is 11.0 Å². The largest absolute Gasteiger partial charge is 0.443 e. The van der Waals surface area contributed by atoms with Gasteiger partial charge in [0, 0.05) is 5.39 Å². The van der Waals surface area contributed by atoms with E-state index >= 15 is 0 Å². The first-order chi connectivity index (χ1) is 8.54. The summed E-state index contributed by atoms with van der Waals surface area (Å²) in [7, 11) is 0. The molecule has 18 heavy (non-hydrogen) atoms. The Labute approximate surface area is 101 Å². The fraction of sp³-hybridized carbons (Fsp3) is 0.167. The van der Waals surface area contributed by atoms with Crippen LogP contribution < -0.4 is 5.32 Å². The number of carbonyl (C=O) groups is 1. The Morgan fingerprint density at radius 3 is 2.83 bits per heavy atom. The number of aryl methyl sites for hydroxylation is 1. The van der Waals surface area contributed by atoms with Gasteiger partial charge in [0.15, 0.2) is 0 Å². The Balaban J connectivity index is 2.58. The summed E-state index contributed by atoms with van der Waals surface area (Å²) >= 11 is 0. The Hall–Kier alpha value is -2.42. The van der Waals surface area contributed by atoms with Crippen molar-refractivity contribution in [2.24, 2.45) is 0 Å². The zero-order valence-electron chi connectivity index (χ0n) is 9.33. The number of benzene rings is 1. The molecule has 0 saturated carbocycles. The average Bonchev–Trinajstić information content (AvgIpc) is 2.69. The molecule has 0 bridgehead atoms. The number of anilines is 1. The molecule has 0 radical (unpaired) electrons. The number of nitrogens with zero attached hydrogens (tertiary/aromatic N) is 1. The summed E-state index contributed by atoms with van der Waals surface area (Å²) in [5.74, 6) is -1.65. The third kappa shape index (κ3) is 1.91. The minimum atomic E-state index is -3.15. The van der Waals surface area contributed by atoms with Gasteiger partial charge in [0.05, 0.1) is 0 Å². The Bertz CT molecular complexity index is 656. The highest BCUT2D eigenvalue weighted by Gasteiger charge is 2.21. The Morgan fingerprint density at radius 1 is 1.50 bits per heavy atom. The molecular formula is C12H8F2N2O2. The molecule has 1 aromatic heterocycles. The fourth-order valence-corrected chi connectivity index (χ4v) is 1.64. The number of nitriles is 1. The molecule has 0 aliphatic heterocycles. The molecule has 0 saturated heterocycles. The Morgan fingerprint density at radius 2 is 2.22 bits per heavy atom. The van der Waals surface area contributed by atoms with Crippen molar-refractivity contribution in [3.8, 4) is 6.07 Å². The molecule has 2 rings (SSSR count). The third-order valence-corrected chi connectivity index (χ3v) is 2.46. The lowest BCUT2D eigenvalue weighted by atomic mass is 10.1. The maximum absolute atomic E-state index is 12.2. The van der Waals surface area contributed by atoms with Crippen LogP contribution in [0.2, 0.25) is 0 Å². The number of rotatable bonds is 2. The van der Waals surface area contributed by atoms with E-state index in [1.54, 1.807) is 31.2 Å². The fourth-order valence-electron chi connectivity index (χ4n) is 1.64. The van der Waals surface area contributed by atoms with Gasteiger partial charge in [-0.05, 0) is 18.6 Å². The predicted molar refractivity (Wildman–Crippen MR) is 60.3 cm³/mol. The van der Waals surface area contributed by atoms with E-state index in [-0.39, 0.29) is 11.4 Å². The zero-order chi connectivity index (χ0) is 13.3. The van der Waals surface area contributed by atoms with Crippen LogP contribution in [0.3, 0.4) is 0 Å². The SMILES string of the molecule is Cc1cccc2c(NC(=O)C(F)F)c(C#N)oc12. The maximum atomic E-state index is 12.2. The highest BCUT2D eigenvalue weighted by molar-refractivity contribution is 6.04. The number of para-hydroxylation sites is 1. The number of alkyl halides is 2. The molecule has 1 aromatic carbocycles. The van der Waals surface area contributed by atoms with Crippen molar-refractivity contribution < 1.29 is 18.0 Å². The van der Waals surface area contributed by atoms with Crippen LogP contribution in [0.1, 0.15) is 11.3 Å². The summed E-state index contributed by atoms with van der Waals surface area (Å²) in [5.41, 5.74) is 1.14. The second kappa shape index (κ2) is 4.45. The van der Waals surface area contributed by atoms with E-state index in [1.807, 2.05) is 5.32 Å². The van der Waals surface area contributed by atoms with Gasteiger partial charge < -0.3 is 9.73 Å². The van der Waals surface area contributed by atoms with Gasteiger partial charge >= 0.3 is 6.43 Å². The minimum absolute atomic E-state index is 0.0125. The molecule has 1 amide bonds. The first-order valence-corrected chi connectivity index (χ1v) is 5.06. The van der Waals surface area contributed by atoms with Crippen LogP contribution in [0.4, 0.5) is 14.5 Å². The number of amides is 1. The van der Waals surface area contributed by atoms with Crippen LogP contribution in [0.15, 0.2) is 22.6 Å². The van der Waals surface area contributed by atoms with Gasteiger partial charge in [-0.15, -0.1) is 0 Å². The van der Waals surface area contributed by atoms with Crippen molar-refractivity contribution in [3.05, 3.63) is 29.5 Å². The molecule has 6 heteroatoms. The second-order valence-corrected chi connectivity index (χ2v) is 3.66. The molecule has 1 heterocycles. The van der Waals surface area contributed by atoms with E-state index in [4.69, 9.17) is 9.68 Å². The average molecular weight is 250 g/mol. The van der Waals surface area contributed by atoms with E-state index in [0.717, 1.165) is 5.56 Å². The number of fused-ring (bicyclic) bond motifs is 1. The van der Waals surface area contributed by atoms with Crippen molar-refractivity contribution in [3.63, 3.8) is 0 Å². The van der Waals surface area contributed by atoms with E-state index < -0.39 is 12.3 Å². The topological polar surface area (TPSA) is 66.0 Å². The third-order valence-electron chi connectivity index (χ3n) is 2.46. The lowest BCUT2D eigenvalue weighted by molar-refractivity contribution is -0.126. The Kier molecular flexibility index (Phi) is 2.98. The normalized spacial score (nSPS) is 10.6. The molecule has 0 aliphatic carbocycles. The van der Waals surface area contributed by atoms with Gasteiger partial charge in [-0.1, -0.05) is 12.1 Å². The van der Waals surface area contributed by atoms with Crippen molar-refractivity contribution >= 4 is 22.6 Å². The van der Waals surface area contributed by atoms with Gasteiger partial charge in [-0.25, -0.2) is 0 Å². The number of furan rings is 1. The molecule has 2 aromatic rings. The molecule has 0 fully saturated rings. The summed E-state index contributed by atoms with van der Waals surface area (Å²) in [6.07, 6.45) is -3.15. The van der Waals surface area contributed by atoms with Crippen molar-refractivity contribution in [1.82, 2.24) is 0 Å². The van der Waals surface area contributed by atoms with Crippen LogP contribution in [-0.4, -0.2) is 12.3 Å². The lowest BCUT2D eigenvalue weighted by Gasteiger charge is -2.02. The maximum Gasteiger partial charge on any atom is 0.315 e. The minimum Gasteiger partial charge on any atom is -0.443 e. The van der Waals surface area contributed by atoms with Gasteiger partial charge in [-0.3, -0.25) is 4.79 Å². The quantitative estimate of drug-likeness (QED) is 0.891. The van der Waals surface area contributed by atoms with Crippen LogP contribution in [0, 0.1) is 18.3 Å². The molecule has 0 unspecified atom stereocenters. The number of hydrogen-bond donors (Lipinski definition) is 1. The molecular weight excluding hydrogens is 242 g/mol. The standard InChI is InChI=1S/C12H8F2N2O2/c1-6-3-2-4-7-9(16-12(17)11(13)14)8(5-15)18-10(6)7/h2-4,11H,1H3,(H,16,17). The van der Waals surface area contributed by atoms with E-state index in [1.165, 1.54) is 0 Å². The van der Waals surface area contributed by atoms with Crippen LogP contribution in [-0.2, 0) is 4.79 Å². The van der Waals surface area contributed by atoms with Gasteiger partial charge in [0.25, 0.3) is 5.91 Å². The summed E-state index contributed by atoms with van der Waals surface area (Å²) in [5, 5.41) is 11.3.